The predicted molar refractivity (Wildman–Crippen MR) is 142 cm³/mol. The summed E-state index contributed by atoms with van der Waals surface area (Å²) in [5.74, 6) is -0.254. The second kappa shape index (κ2) is 11.1. The quantitative estimate of drug-likeness (QED) is 0.329. The first-order valence-electron chi connectivity index (χ1n) is 11.7. The van der Waals surface area contributed by atoms with Crippen LogP contribution in [0, 0.1) is 13.8 Å². The van der Waals surface area contributed by atoms with Gasteiger partial charge in [-0.25, -0.2) is 4.79 Å². The van der Waals surface area contributed by atoms with E-state index in [1.807, 2.05) is 19.9 Å². The summed E-state index contributed by atoms with van der Waals surface area (Å²) >= 11 is 0. The number of carbonyl (C=O) groups excluding carboxylic acids is 2. The number of ether oxygens (including phenoxy) is 4. The monoisotopic (exact) mass is 517 g/mol. The number of aryl methyl sites for hydroxylation is 2. The summed E-state index contributed by atoms with van der Waals surface area (Å²) in [6.07, 6.45) is 0. The molecule has 0 aliphatic heterocycles. The van der Waals surface area contributed by atoms with Crippen molar-refractivity contribution in [2.45, 2.75) is 13.8 Å². The van der Waals surface area contributed by atoms with Crippen LogP contribution in [0.2, 0.25) is 0 Å². The Morgan fingerprint density at radius 2 is 1.66 bits per heavy atom. The SMILES string of the molecule is COC(=O)c1ccccc1NC(=O)COc1c(-c2ccc(OC)c(OC)c2)oc2c(C)cc(C)cc2c1=O. The largest absolute Gasteiger partial charge is 0.493 e. The Kier molecular flexibility index (Phi) is 7.66. The summed E-state index contributed by atoms with van der Waals surface area (Å²) in [5, 5.41) is 2.96. The third-order valence-corrected chi connectivity index (χ3v) is 5.88. The molecule has 1 amide bonds. The number of hydrogen-bond donors (Lipinski definition) is 1. The zero-order chi connectivity index (χ0) is 27.4. The second-order valence-electron chi connectivity index (χ2n) is 8.49. The van der Waals surface area contributed by atoms with E-state index in [0.717, 1.165) is 11.1 Å². The highest BCUT2D eigenvalue weighted by molar-refractivity contribution is 6.01. The maximum atomic E-state index is 13.6. The Hall–Kier alpha value is -4.79. The molecule has 0 bridgehead atoms. The number of carbonyl (C=O) groups is 2. The average Bonchev–Trinajstić information content (AvgIpc) is 2.92. The van der Waals surface area contributed by atoms with Gasteiger partial charge in [-0.3, -0.25) is 9.59 Å². The van der Waals surface area contributed by atoms with Crippen molar-refractivity contribution in [2.24, 2.45) is 0 Å². The fourth-order valence-electron chi connectivity index (χ4n) is 4.13. The van der Waals surface area contributed by atoms with Crippen LogP contribution in [0.5, 0.6) is 17.2 Å². The lowest BCUT2D eigenvalue weighted by Gasteiger charge is -2.15. The number of anilines is 1. The Morgan fingerprint density at radius 3 is 2.37 bits per heavy atom. The van der Waals surface area contributed by atoms with Gasteiger partial charge in [0.2, 0.25) is 11.2 Å². The standard InChI is InChI=1S/C29H27NO8/c1-16-12-17(2)26-20(13-16)25(32)28(27(38-26)18-10-11-22(34-3)23(14-18)35-4)37-15-24(31)30-21-9-7-6-8-19(21)29(33)36-5/h6-14H,15H2,1-5H3,(H,30,31). The van der Waals surface area contributed by atoms with Crippen LogP contribution >= 0.6 is 0 Å². The van der Waals surface area contributed by atoms with Crippen LogP contribution in [-0.2, 0) is 9.53 Å². The molecule has 0 saturated carbocycles. The first-order valence-corrected chi connectivity index (χ1v) is 11.7. The van der Waals surface area contributed by atoms with Crippen LogP contribution in [0.3, 0.4) is 0 Å². The normalized spacial score (nSPS) is 10.7. The molecule has 0 aliphatic rings. The highest BCUT2D eigenvalue weighted by Gasteiger charge is 2.22. The molecule has 0 fully saturated rings. The van der Waals surface area contributed by atoms with Crippen LogP contribution < -0.4 is 25.0 Å². The molecule has 3 aromatic carbocycles. The molecule has 1 heterocycles. The van der Waals surface area contributed by atoms with E-state index in [1.165, 1.54) is 27.4 Å². The summed E-state index contributed by atoms with van der Waals surface area (Å²) in [4.78, 5) is 38.5. The zero-order valence-electron chi connectivity index (χ0n) is 21.7. The summed E-state index contributed by atoms with van der Waals surface area (Å²) in [7, 11) is 4.27. The molecular weight excluding hydrogens is 490 g/mol. The molecule has 9 heteroatoms. The molecule has 0 atom stereocenters. The smallest absolute Gasteiger partial charge is 0.339 e. The molecule has 0 unspecified atom stereocenters. The van der Waals surface area contributed by atoms with Crippen molar-refractivity contribution in [2.75, 3.05) is 33.3 Å². The first-order chi connectivity index (χ1) is 18.3. The lowest BCUT2D eigenvalue weighted by molar-refractivity contribution is -0.118. The van der Waals surface area contributed by atoms with Crippen molar-refractivity contribution in [1.82, 2.24) is 0 Å². The summed E-state index contributed by atoms with van der Waals surface area (Å²) < 4.78 is 27.5. The van der Waals surface area contributed by atoms with Gasteiger partial charge in [-0.2, -0.15) is 0 Å². The van der Waals surface area contributed by atoms with E-state index >= 15 is 0 Å². The Morgan fingerprint density at radius 1 is 0.921 bits per heavy atom. The molecule has 1 N–H and O–H groups in total. The van der Waals surface area contributed by atoms with Crippen LogP contribution in [-0.4, -0.2) is 39.8 Å². The summed E-state index contributed by atoms with van der Waals surface area (Å²) in [5.41, 5.74) is 2.58. The topological polar surface area (TPSA) is 113 Å². The van der Waals surface area contributed by atoms with E-state index < -0.39 is 23.9 Å². The molecule has 0 aliphatic carbocycles. The number of methoxy groups -OCH3 is 3. The van der Waals surface area contributed by atoms with Crippen LogP contribution in [0.15, 0.2) is 63.8 Å². The fourth-order valence-corrected chi connectivity index (χ4v) is 4.13. The highest BCUT2D eigenvalue weighted by atomic mass is 16.5. The van der Waals surface area contributed by atoms with Crippen LogP contribution in [0.4, 0.5) is 5.69 Å². The van der Waals surface area contributed by atoms with Crippen LogP contribution in [0.25, 0.3) is 22.3 Å². The molecule has 196 valence electrons. The third-order valence-electron chi connectivity index (χ3n) is 5.88. The molecule has 9 nitrogen and oxygen atoms in total. The number of benzene rings is 3. The van der Waals surface area contributed by atoms with Crippen molar-refractivity contribution in [3.05, 3.63) is 81.5 Å². The maximum absolute atomic E-state index is 13.6. The lowest BCUT2D eigenvalue weighted by Crippen LogP contribution is -2.24. The Bertz CT molecular complexity index is 1590. The van der Waals surface area contributed by atoms with Gasteiger partial charge in [0.05, 0.1) is 38.0 Å². The number of fused-ring (bicyclic) bond motifs is 1. The molecular formula is C29H27NO8. The van der Waals surface area contributed by atoms with Gasteiger partial charge in [-0.15, -0.1) is 0 Å². The van der Waals surface area contributed by atoms with Crippen molar-refractivity contribution < 1.29 is 33.0 Å². The molecule has 0 saturated heterocycles. The van der Waals surface area contributed by atoms with Gasteiger partial charge in [0.25, 0.3) is 5.91 Å². The molecule has 0 spiro atoms. The fraction of sp³-hybridized carbons (Fsp3) is 0.207. The average molecular weight is 518 g/mol. The van der Waals surface area contributed by atoms with Gasteiger partial charge in [-0.05, 0) is 61.4 Å². The first kappa shape index (κ1) is 26.3. The van der Waals surface area contributed by atoms with Crippen LogP contribution in [0.1, 0.15) is 21.5 Å². The maximum Gasteiger partial charge on any atom is 0.339 e. The van der Waals surface area contributed by atoms with E-state index in [2.05, 4.69) is 5.32 Å². The molecule has 38 heavy (non-hydrogen) atoms. The van der Waals surface area contributed by atoms with Crippen molar-refractivity contribution in [3.8, 4) is 28.6 Å². The Balaban J connectivity index is 1.75. The molecule has 4 aromatic rings. The summed E-state index contributed by atoms with van der Waals surface area (Å²) in [6, 6.07) is 15.1. The van der Waals surface area contributed by atoms with Gasteiger partial charge < -0.3 is 28.7 Å². The number of hydrogen-bond acceptors (Lipinski definition) is 8. The third kappa shape index (κ3) is 5.17. The number of rotatable bonds is 8. The van der Waals surface area contributed by atoms with Crippen molar-refractivity contribution >= 4 is 28.5 Å². The predicted octanol–water partition coefficient (Wildman–Crippen LogP) is 4.90. The van der Waals surface area contributed by atoms with E-state index in [4.69, 9.17) is 23.4 Å². The van der Waals surface area contributed by atoms with Gasteiger partial charge in [0, 0.05) is 5.56 Å². The molecule has 1 aromatic heterocycles. The number of nitrogens with one attached hydrogen (secondary N) is 1. The second-order valence-corrected chi connectivity index (χ2v) is 8.49. The van der Waals surface area contributed by atoms with E-state index in [1.54, 1.807) is 42.5 Å². The van der Waals surface area contributed by atoms with Gasteiger partial charge in [0.1, 0.15) is 5.58 Å². The molecule has 0 radical (unpaired) electrons. The minimum Gasteiger partial charge on any atom is -0.493 e. The number of esters is 1. The highest BCUT2D eigenvalue weighted by Crippen LogP contribution is 2.37. The number of para-hydroxylation sites is 1. The van der Waals surface area contributed by atoms with E-state index in [-0.39, 0.29) is 22.8 Å². The number of amides is 1. The van der Waals surface area contributed by atoms with Gasteiger partial charge in [-0.1, -0.05) is 18.2 Å². The van der Waals surface area contributed by atoms with Crippen molar-refractivity contribution in [1.29, 1.82) is 0 Å². The summed E-state index contributed by atoms with van der Waals surface area (Å²) in [6.45, 7) is 3.21. The molecule has 4 rings (SSSR count). The van der Waals surface area contributed by atoms with Gasteiger partial charge >= 0.3 is 5.97 Å². The van der Waals surface area contributed by atoms with Crippen molar-refractivity contribution in [3.63, 3.8) is 0 Å². The van der Waals surface area contributed by atoms with E-state index in [9.17, 15) is 14.4 Å². The minimum absolute atomic E-state index is 0.133. The van der Waals surface area contributed by atoms with Gasteiger partial charge in [0.15, 0.2) is 23.9 Å². The zero-order valence-corrected chi connectivity index (χ0v) is 21.7. The minimum atomic E-state index is -0.599. The van der Waals surface area contributed by atoms with E-state index in [0.29, 0.717) is 28.0 Å². The lowest BCUT2D eigenvalue weighted by atomic mass is 10.0. The Labute approximate surface area is 218 Å².